The van der Waals surface area contributed by atoms with Crippen LogP contribution in [0.3, 0.4) is 0 Å². The molecule has 1 amide bonds. The van der Waals surface area contributed by atoms with Crippen molar-refractivity contribution in [1.82, 2.24) is 10.3 Å². The molecule has 16 heavy (non-hydrogen) atoms. The molecule has 0 aliphatic carbocycles. The van der Waals surface area contributed by atoms with Gasteiger partial charge in [-0.3, -0.25) is 4.79 Å². The Bertz CT molecular complexity index is 375. The Morgan fingerprint density at radius 3 is 2.94 bits per heavy atom. The first kappa shape index (κ1) is 12.4. The summed E-state index contributed by atoms with van der Waals surface area (Å²) in [6.07, 6.45) is 2.48. The van der Waals surface area contributed by atoms with Crippen molar-refractivity contribution < 1.29 is 14.7 Å². The van der Waals surface area contributed by atoms with Gasteiger partial charge in [-0.15, -0.1) is 17.9 Å². The van der Waals surface area contributed by atoms with E-state index in [2.05, 4.69) is 16.9 Å². The van der Waals surface area contributed by atoms with E-state index in [-0.39, 0.29) is 5.69 Å². The van der Waals surface area contributed by atoms with E-state index in [0.717, 1.165) is 0 Å². The fraction of sp³-hybridized carbons (Fsp3) is 0.300. The molecule has 0 aliphatic heterocycles. The van der Waals surface area contributed by atoms with Crippen LogP contribution in [0.5, 0.6) is 0 Å². The summed E-state index contributed by atoms with van der Waals surface area (Å²) in [5.41, 5.74) is 1.77. The summed E-state index contributed by atoms with van der Waals surface area (Å²) in [5.74, 6) is -1.51. The molecule has 0 aromatic carbocycles. The molecule has 0 radical (unpaired) electrons. The fourth-order valence-corrected chi connectivity index (χ4v) is 1.63. The van der Waals surface area contributed by atoms with Crippen molar-refractivity contribution in [1.29, 1.82) is 0 Å². The first-order valence-corrected chi connectivity index (χ1v) is 5.62. The zero-order valence-corrected chi connectivity index (χ0v) is 9.37. The van der Waals surface area contributed by atoms with Crippen LogP contribution < -0.4 is 5.32 Å². The van der Waals surface area contributed by atoms with Crippen molar-refractivity contribution in [2.24, 2.45) is 0 Å². The number of aliphatic carboxylic acids is 1. The highest BCUT2D eigenvalue weighted by molar-refractivity contribution is 7.07. The molecular formula is C10H12N2O3S. The molecule has 1 heterocycles. The number of allylic oxidation sites excluding steroid dienone is 1. The summed E-state index contributed by atoms with van der Waals surface area (Å²) in [6, 6.07) is -0.896. The lowest BCUT2D eigenvalue weighted by Crippen LogP contribution is -2.40. The molecule has 0 saturated heterocycles. The number of aromatic nitrogens is 1. The van der Waals surface area contributed by atoms with Crippen LogP contribution in [0, 0.1) is 0 Å². The minimum Gasteiger partial charge on any atom is -0.480 e. The van der Waals surface area contributed by atoms with E-state index in [4.69, 9.17) is 5.11 Å². The lowest BCUT2D eigenvalue weighted by Gasteiger charge is -2.12. The van der Waals surface area contributed by atoms with Gasteiger partial charge in [-0.1, -0.05) is 6.08 Å². The second kappa shape index (κ2) is 6.02. The van der Waals surface area contributed by atoms with Gasteiger partial charge >= 0.3 is 5.97 Å². The third-order valence-electron chi connectivity index (χ3n) is 1.93. The van der Waals surface area contributed by atoms with Crippen LogP contribution in [-0.2, 0) is 4.79 Å². The zero-order chi connectivity index (χ0) is 12.0. The van der Waals surface area contributed by atoms with E-state index in [1.165, 1.54) is 16.8 Å². The van der Waals surface area contributed by atoms with Crippen molar-refractivity contribution in [3.8, 4) is 0 Å². The summed E-state index contributed by atoms with van der Waals surface area (Å²) in [4.78, 5) is 26.2. The Kier molecular flexibility index (Phi) is 4.65. The number of carboxylic acids is 1. The molecule has 0 aliphatic rings. The third-order valence-corrected chi connectivity index (χ3v) is 2.51. The normalized spacial score (nSPS) is 11.8. The maximum atomic E-state index is 11.5. The van der Waals surface area contributed by atoms with E-state index < -0.39 is 17.9 Å². The van der Waals surface area contributed by atoms with Crippen molar-refractivity contribution in [3.05, 3.63) is 29.2 Å². The van der Waals surface area contributed by atoms with Gasteiger partial charge < -0.3 is 10.4 Å². The van der Waals surface area contributed by atoms with E-state index in [0.29, 0.717) is 12.8 Å². The minimum atomic E-state index is -1.05. The highest BCUT2D eigenvalue weighted by Crippen LogP contribution is 2.03. The van der Waals surface area contributed by atoms with Gasteiger partial charge in [0, 0.05) is 5.38 Å². The summed E-state index contributed by atoms with van der Waals surface area (Å²) >= 11 is 1.29. The van der Waals surface area contributed by atoms with Crippen LogP contribution in [0.2, 0.25) is 0 Å². The SMILES string of the molecule is C=CCCC(NC(=O)c1cscn1)C(=O)O. The molecule has 5 nitrogen and oxygen atoms in total. The number of nitrogens with zero attached hydrogens (tertiary/aromatic N) is 1. The second-order valence-corrected chi connectivity index (χ2v) is 3.82. The molecule has 1 aromatic heterocycles. The van der Waals surface area contributed by atoms with Crippen molar-refractivity contribution >= 4 is 23.2 Å². The maximum Gasteiger partial charge on any atom is 0.326 e. The maximum absolute atomic E-state index is 11.5. The monoisotopic (exact) mass is 240 g/mol. The van der Waals surface area contributed by atoms with Gasteiger partial charge in [0.05, 0.1) is 5.51 Å². The van der Waals surface area contributed by atoms with Gasteiger partial charge in [0.15, 0.2) is 0 Å². The average molecular weight is 240 g/mol. The van der Waals surface area contributed by atoms with Gasteiger partial charge in [0.2, 0.25) is 0 Å². The number of nitrogens with one attached hydrogen (secondary N) is 1. The van der Waals surface area contributed by atoms with Gasteiger partial charge in [-0.25, -0.2) is 9.78 Å². The zero-order valence-electron chi connectivity index (χ0n) is 8.55. The van der Waals surface area contributed by atoms with Gasteiger partial charge in [0.1, 0.15) is 11.7 Å². The number of amides is 1. The Morgan fingerprint density at radius 1 is 1.69 bits per heavy atom. The molecule has 6 heteroatoms. The molecular weight excluding hydrogens is 228 g/mol. The Hall–Kier alpha value is -1.69. The molecule has 86 valence electrons. The average Bonchev–Trinajstić information content (AvgIpc) is 2.76. The number of carboxylic acid groups (broad SMARTS) is 1. The number of rotatable bonds is 6. The van der Waals surface area contributed by atoms with Crippen molar-refractivity contribution in [2.45, 2.75) is 18.9 Å². The molecule has 1 rings (SSSR count). The molecule has 0 spiro atoms. The molecule has 2 N–H and O–H groups in total. The predicted octanol–water partition coefficient (Wildman–Crippen LogP) is 1.29. The van der Waals surface area contributed by atoms with Crippen LogP contribution >= 0.6 is 11.3 Å². The lowest BCUT2D eigenvalue weighted by atomic mass is 10.1. The number of carbonyl (C=O) groups is 2. The number of carbonyl (C=O) groups excluding carboxylic acids is 1. The van der Waals surface area contributed by atoms with E-state index in [9.17, 15) is 9.59 Å². The number of thiazole rings is 1. The number of hydrogen-bond acceptors (Lipinski definition) is 4. The summed E-state index contributed by atoms with van der Waals surface area (Å²) in [7, 11) is 0. The molecule has 0 saturated carbocycles. The molecule has 1 aromatic rings. The van der Waals surface area contributed by atoms with E-state index in [1.807, 2.05) is 0 Å². The van der Waals surface area contributed by atoms with Crippen LogP contribution in [0.4, 0.5) is 0 Å². The van der Waals surface area contributed by atoms with Gasteiger partial charge in [0.25, 0.3) is 5.91 Å². The van der Waals surface area contributed by atoms with Gasteiger partial charge in [-0.2, -0.15) is 0 Å². The first-order chi connectivity index (χ1) is 7.65. The molecule has 1 unspecified atom stereocenters. The van der Waals surface area contributed by atoms with Crippen molar-refractivity contribution in [2.75, 3.05) is 0 Å². The highest BCUT2D eigenvalue weighted by atomic mass is 32.1. The molecule has 0 fully saturated rings. The van der Waals surface area contributed by atoms with E-state index >= 15 is 0 Å². The van der Waals surface area contributed by atoms with Crippen LogP contribution in [0.1, 0.15) is 23.3 Å². The summed E-state index contributed by atoms with van der Waals surface area (Å²) in [5, 5.41) is 12.9. The summed E-state index contributed by atoms with van der Waals surface area (Å²) < 4.78 is 0. The van der Waals surface area contributed by atoms with Crippen LogP contribution in [-0.4, -0.2) is 28.0 Å². The lowest BCUT2D eigenvalue weighted by molar-refractivity contribution is -0.139. The highest BCUT2D eigenvalue weighted by Gasteiger charge is 2.20. The smallest absolute Gasteiger partial charge is 0.326 e. The Balaban J connectivity index is 2.58. The quantitative estimate of drug-likeness (QED) is 0.734. The number of hydrogen-bond donors (Lipinski definition) is 2. The molecule has 0 bridgehead atoms. The van der Waals surface area contributed by atoms with Crippen molar-refractivity contribution in [3.63, 3.8) is 0 Å². The van der Waals surface area contributed by atoms with E-state index in [1.54, 1.807) is 11.5 Å². The standard InChI is InChI=1S/C10H12N2O3S/c1-2-3-4-7(10(14)15)12-9(13)8-5-16-6-11-8/h2,5-7H,1,3-4H2,(H,12,13)(H,14,15). The van der Waals surface area contributed by atoms with Crippen LogP contribution in [0.25, 0.3) is 0 Å². The topological polar surface area (TPSA) is 79.3 Å². The first-order valence-electron chi connectivity index (χ1n) is 4.68. The molecule has 1 atom stereocenters. The minimum absolute atomic E-state index is 0.245. The van der Waals surface area contributed by atoms with Crippen LogP contribution in [0.15, 0.2) is 23.5 Å². The predicted molar refractivity (Wildman–Crippen MR) is 60.4 cm³/mol. The van der Waals surface area contributed by atoms with Gasteiger partial charge in [-0.05, 0) is 12.8 Å². The summed E-state index contributed by atoms with van der Waals surface area (Å²) in [6.45, 7) is 3.50. The largest absolute Gasteiger partial charge is 0.480 e. The fourth-order valence-electron chi connectivity index (χ4n) is 1.10. The Morgan fingerprint density at radius 2 is 2.44 bits per heavy atom. The second-order valence-electron chi connectivity index (χ2n) is 3.10. The third kappa shape index (κ3) is 3.47. The Labute approximate surface area is 96.8 Å².